The Bertz CT molecular complexity index is 3560. The molecule has 0 saturated carbocycles. The molecule has 0 aliphatic carbocycles. The van der Waals surface area contributed by atoms with Gasteiger partial charge in [-0.1, -0.05) is 176 Å². The maximum Gasteiger partial charge on any atom is 0.136 e. The third kappa shape index (κ3) is 6.38. The normalized spacial score (nSPS) is 11.5. The predicted octanol–water partition coefficient (Wildman–Crippen LogP) is 16.8. The standard InChI is InChI=1S/C60H40N2O/c1-2-15-41(16-3-1)42-31-33-44(34-32-42)50-21-4-8-26-55(50)61(48-19-13-18-46(40-48)51-25-14-30-59-60(51)54-24-7-11-29-58(54)63-59)47-37-35-43(36-38-47)45-17-12-20-49(39-45)62-56-27-9-5-22-52(56)53-23-6-10-28-57(53)62/h1-40H. The van der Waals surface area contributed by atoms with Crippen molar-refractivity contribution in [2.24, 2.45) is 0 Å². The average Bonchev–Trinajstić information content (AvgIpc) is 3.91. The smallest absolute Gasteiger partial charge is 0.136 e. The van der Waals surface area contributed by atoms with Crippen LogP contribution in [0, 0.1) is 0 Å². The van der Waals surface area contributed by atoms with E-state index in [-0.39, 0.29) is 0 Å². The minimum Gasteiger partial charge on any atom is -0.456 e. The molecule has 2 heterocycles. The van der Waals surface area contributed by atoms with Crippen LogP contribution >= 0.6 is 0 Å². The van der Waals surface area contributed by atoms with Gasteiger partial charge in [-0.15, -0.1) is 0 Å². The lowest BCUT2D eigenvalue weighted by molar-refractivity contribution is 0.669. The van der Waals surface area contributed by atoms with Crippen molar-refractivity contribution < 1.29 is 4.42 Å². The van der Waals surface area contributed by atoms with Crippen LogP contribution in [0.3, 0.4) is 0 Å². The molecular weight excluding hydrogens is 765 g/mol. The zero-order valence-corrected chi connectivity index (χ0v) is 34.4. The van der Waals surface area contributed by atoms with Gasteiger partial charge in [0, 0.05) is 44.2 Å². The molecule has 0 atom stereocenters. The van der Waals surface area contributed by atoms with Crippen LogP contribution in [-0.4, -0.2) is 4.57 Å². The quantitative estimate of drug-likeness (QED) is 0.153. The number of hydrogen-bond acceptors (Lipinski definition) is 2. The summed E-state index contributed by atoms with van der Waals surface area (Å²) in [6.07, 6.45) is 0. The number of anilines is 3. The van der Waals surface area contributed by atoms with E-state index in [0.717, 1.165) is 78.1 Å². The summed E-state index contributed by atoms with van der Waals surface area (Å²) in [5.41, 5.74) is 17.8. The van der Waals surface area contributed by atoms with Crippen molar-refractivity contribution >= 4 is 60.8 Å². The lowest BCUT2D eigenvalue weighted by atomic mass is 9.97. The molecule has 0 saturated heterocycles. The number of benzene rings is 10. The third-order valence-electron chi connectivity index (χ3n) is 12.4. The van der Waals surface area contributed by atoms with Gasteiger partial charge in [0.15, 0.2) is 0 Å². The van der Waals surface area contributed by atoms with Crippen molar-refractivity contribution in [3.05, 3.63) is 243 Å². The molecule has 0 aliphatic heterocycles. The monoisotopic (exact) mass is 804 g/mol. The summed E-state index contributed by atoms with van der Waals surface area (Å²) in [6.45, 7) is 0. The minimum absolute atomic E-state index is 0.887. The molecule has 296 valence electrons. The summed E-state index contributed by atoms with van der Waals surface area (Å²) >= 11 is 0. The molecule has 0 amide bonds. The average molecular weight is 805 g/mol. The lowest BCUT2D eigenvalue weighted by Crippen LogP contribution is -2.11. The Morgan fingerprint density at radius 1 is 0.317 bits per heavy atom. The first-order valence-corrected chi connectivity index (χ1v) is 21.5. The van der Waals surface area contributed by atoms with Crippen LogP contribution in [0.25, 0.3) is 93.9 Å². The minimum atomic E-state index is 0.887. The highest BCUT2D eigenvalue weighted by Gasteiger charge is 2.20. The fourth-order valence-electron chi connectivity index (χ4n) is 9.47. The molecule has 10 aromatic carbocycles. The highest BCUT2D eigenvalue weighted by atomic mass is 16.3. The molecule has 0 unspecified atom stereocenters. The Hall–Kier alpha value is -8.40. The fourth-order valence-corrected chi connectivity index (χ4v) is 9.47. The molecule has 3 nitrogen and oxygen atoms in total. The van der Waals surface area contributed by atoms with Crippen LogP contribution in [0.2, 0.25) is 0 Å². The summed E-state index contributed by atoms with van der Waals surface area (Å²) < 4.78 is 8.72. The van der Waals surface area contributed by atoms with E-state index in [2.05, 4.69) is 240 Å². The van der Waals surface area contributed by atoms with E-state index in [1.54, 1.807) is 0 Å². The summed E-state index contributed by atoms with van der Waals surface area (Å²) in [6, 6.07) is 87.1. The van der Waals surface area contributed by atoms with Gasteiger partial charge in [-0.25, -0.2) is 0 Å². The summed E-state index contributed by atoms with van der Waals surface area (Å²) in [5.74, 6) is 0. The first-order chi connectivity index (χ1) is 31.2. The predicted molar refractivity (Wildman–Crippen MR) is 264 cm³/mol. The van der Waals surface area contributed by atoms with Gasteiger partial charge in [-0.05, 0) is 106 Å². The van der Waals surface area contributed by atoms with Gasteiger partial charge in [-0.2, -0.15) is 0 Å². The van der Waals surface area contributed by atoms with Crippen LogP contribution in [-0.2, 0) is 0 Å². The second kappa shape index (κ2) is 15.3. The number of aromatic nitrogens is 1. The van der Waals surface area contributed by atoms with Crippen molar-refractivity contribution in [1.29, 1.82) is 0 Å². The molecule has 12 rings (SSSR count). The Morgan fingerprint density at radius 3 is 1.65 bits per heavy atom. The molecule has 0 N–H and O–H groups in total. The van der Waals surface area contributed by atoms with Crippen LogP contribution in [0.15, 0.2) is 247 Å². The van der Waals surface area contributed by atoms with Gasteiger partial charge in [0.25, 0.3) is 0 Å². The van der Waals surface area contributed by atoms with E-state index in [9.17, 15) is 0 Å². The van der Waals surface area contributed by atoms with Crippen molar-refractivity contribution in [3.63, 3.8) is 0 Å². The van der Waals surface area contributed by atoms with Crippen molar-refractivity contribution in [3.8, 4) is 50.2 Å². The second-order valence-electron chi connectivity index (χ2n) is 16.1. The van der Waals surface area contributed by atoms with Crippen LogP contribution < -0.4 is 4.90 Å². The number of furan rings is 1. The summed E-state index contributed by atoms with van der Waals surface area (Å²) in [7, 11) is 0. The Labute approximate surface area is 366 Å². The van der Waals surface area contributed by atoms with Crippen LogP contribution in [0.4, 0.5) is 17.1 Å². The first kappa shape index (κ1) is 36.5. The van der Waals surface area contributed by atoms with E-state index < -0.39 is 0 Å². The number of fused-ring (bicyclic) bond motifs is 6. The topological polar surface area (TPSA) is 21.3 Å². The largest absolute Gasteiger partial charge is 0.456 e. The Balaban J connectivity index is 0.983. The second-order valence-corrected chi connectivity index (χ2v) is 16.1. The van der Waals surface area contributed by atoms with Crippen molar-refractivity contribution in [2.75, 3.05) is 4.90 Å². The molecule has 12 aromatic rings. The van der Waals surface area contributed by atoms with Gasteiger partial charge >= 0.3 is 0 Å². The molecule has 2 aromatic heterocycles. The molecule has 0 spiro atoms. The molecular formula is C60H40N2O. The molecule has 0 aliphatic rings. The zero-order chi connectivity index (χ0) is 41.7. The van der Waals surface area contributed by atoms with Gasteiger partial charge in [0.2, 0.25) is 0 Å². The van der Waals surface area contributed by atoms with E-state index >= 15 is 0 Å². The highest BCUT2D eigenvalue weighted by molar-refractivity contribution is 6.13. The van der Waals surface area contributed by atoms with E-state index in [4.69, 9.17) is 4.42 Å². The molecule has 0 radical (unpaired) electrons. The fraction of sp³-hybridized carbons (Fsp3) is 0. The third-order valence-corrected chi connectivity index (χ3v) is 12.4. The van der Waals surface area contributed by atoms with Crippen molar-refractivity contribution in [2.45, 2.75) is 0 Å². The number of hydrogen-bond donors (Lipinski definition) is 0. The molecule has 3 heteroatoms. The van der Waals surface area contributed by atoms with Crippen LogP contribution in [0.5, 0.6) is 0 Å². The summed E-state index contributed by atoms with van der Waals surface area (Å²) in [4.78, 5) is 2.40. The molecule has 0 bridgehead atoms. The number of nitrogens with zero attached hydrogens (tertiary/aromatic N) is 2. The van der Waals surface area contributed by atoms with Gasteiger partial charge in [-0.3, -0.25) is 0 Å². The highest BCUT2D eigenvalue weighted by Crippen LogP contribution is 2.44. The van der Waals surface area contributed by atoms with E-state index in [0.29, 0.717) is 0 Å². The number of para-hydroxylation sites is 4. The molecule has 0 fully saturated rings. The van der Waals surface area contributed by atoms with E-state index in [1.807, 2.05) is 12.1 Å². The SMILES string of the molecule is c1ccc(-c2ccc(-c3ccccc3N(c3ccc(-c4cccc(-n5c6ccccc6c6ccccc65)c4)cc3)c3cccc(-c4cccc5oc6ccccc6c45)c3)cc2)cc1. The summed E-state index contributed by atoms with van der Waals surface area (Å²) in [5, 5.41) is 4.76. The first-order valence-electron chi connectivity index (χ1n) is 21.5. The van der Waals surface area contributed by atoms with Crippen LogP contribution in [0.1, 0.15) is 0 Å². The maximum absolute atomic E-state index is 6.33. The van der Waals surface area contributed by atoms with E-state index in [1.165, 1.54) is 32.9 Å². The number of rotatable bonds is 8. The van der Waals surface area contributed by atoms with Gasteiger partial charge in [0.1, 0.15) is 11.2 Å². The van der Waals surface area contributed by atoms with Crippen molar-refractivity contribution in [1.82, 2.24) is 4.57 Å². The Kier molecular flexibility index (Phi) is 8.83. The van der Waals surface area contributed by atoms with Gasteiger partial charge < -0.3 is 13.9 Å². The van der Waals surface area contributed by atoms with Gasteiger partial charge in [0.05, 0.1) is 16.7 Å². The lowest BCUT2D eigenvalue weighted by Gasteiger charge is -2.28. The Morgan fingerprint density at radius 2 is 0.857 bits per heavy atom. The molecule has 63 heavy (non-hydrogen) atoms. The zero-order valence-electron chi connectivity index (χ0n) is 34.4. The maximum atomic E-state index is 6.33.